The Balaban J connectivity index is 0.000000390. The number of benzene rings is 8. The number of amidine groups is 3. The number of fused-ring (bicyclic) bond motifs is 14. The summed E-state index contributed by atoms with van der Waals surface area (Å²) in [7, 11) is -5.39. The third-order valence-electron chi connectivity index (χ3n) is 15.0. The number of nitrogens with zero attached hydrogens (tertiary/aromatic N) is 7. The molecule has 8 aromatic carbocycles. The first-order valence-electron chi connectivity index (χ1n) is 30.1. The van der Waals surface area contributed by atoms with Crippen LogP contribution >= 0.6 is 62.2 Å². The zero-order chi connectivity index (χ0) is 63.6. The first-order valence-corrected chi connectivity index (χ1v) is 40.8. The molecule has 91 heavy (non-hydrogen) atoms. The van der Waals surface area contributed by atoms with E-state index in [0.717, 1.165) is 101 Å². The third kappa shape index (κ3) is 14.4. The quantitative estimate of drug-likeness (QED) is 0.0726. The standard InChI is InChI=1S/C60H42N8S4.2C5H13O3P.Pb/c1-33-13-21-37(22-14-33)69-45-29-30-46(70-38-23-15-34(2)16-24-38)50-49(45)57-63-53-41-9-5-6-10-42(41)55(61-53)65-59-51-47(71-39-25-17-35(3)18-26-39)31-32-48(72-40-27-19-36(4)20-28-40)52(51)60(68-59)66-56-44-12-8-7-11-43(44)54(62-56)64-58(50)67-57;2*1-4-7-9(3,6)8-5-2;/h5-32,57,63H,1-4H3;2*4-5H2,1-3H3;/q-2;;;+2. The predicted octanol–water partition coefficient (Wildman–Crippen LogP) is 18.1. The predicted molar refractivity (Wildman–Crippen MR) is 376 cm³/mol. The molecule has 462 valence electrons. The zero-order valence-electron chi connectivity index (χ0n) is 52.2. The Bertz CT molecular complexity index is 4700. The fraction of sp³-hybridized carbons (Fsp3) is 0.214. The summed E-state index contributed by atoms with van der Waals surface area (Å²) in [5, 5.41) is 8.34. The Hall–Kier alpha value is -6.13. The maximum atomic E-state index is 11.0. The first kappa shape index (κ1) is 65.0. The number of nitrogens with one attached hydrogen (secondary N) is 1. The Kier molecular flexibility index (Phi) is 20.1. The van der Waals surface area contributed by atoms with Gasteiger partial charge >= 0.3 is 471 Å². The van der Waals surface area contributed by atoms with Gasteiger partial charge in [-0.25, -0.2) is 0 Å². The van der Waals surface area contributed by atoms with Crippen molar-refractivity contribution in [1.29, 1.82) is 0 Å². The van der Waals surface area contributed by atoms with Crippen molar-refractivity contribution in [2.75, 3.05) is 45.1 Å². The molecule has 4 aliphatic heterocycles. The van der Waals surface area contributed by atoms with E-state index in [9.17, 15) is 9.13 Å². The van der Waals surface area contributed by atoms with Gasteiger partial charge in [-0.3, -0.25) is 9.13 Å². The zero-order valence-corrected chi connectivity index (χ0v) is 61.1. The average Bonchev–Trinajstić information content (AvgIpc) is 1.58. The van der Waals surface area contributed by atoms with E-state index in [0.29, 0.717) is 43.9 Å². The molecular formula is C70H68N8O6P2PbS4. The first-order chi connectivity index (χ1) is 44.0. The summed E-state index contributed by atoms with van der Waals surface area (Å²) in [6.07, 6.45) is -0.443. The summed E-state index contributed by atoms with van der Waals surface area (Å²) in [5.74, 6) is 3.91. The minimum absolute atomic E-state index is 0.438. The molecule has 4 aliphatic rings. The average molecular weight is 1510 g/mol. The van der Waals surface area contributed by atoms with Crippen molar-refractivity contribution >= 4 is 138 Å². The minimum atomic E-state index is -2.69. The van der Waals surface area contributed by atoms with E-state index in [2.05, 4.69) is 208 Å². The molecule has 10 aromatic rings. The molecule has 21 heteroatoms. The number of hydrogen-bond donors (Lipinski definition) is 1. The van der Waals surface area contributed by atoms with Crippen LogP contribution in [-0.2, 0) is 27.2 Å². The normalized spacial score (nSPS) is 14.3. The molecule has 6 bridgehead atoms. The second kappa shape index (κ2) is 28.2. The van der Waals surface area contributed by atoms with Gasteiger partial charge in [-0.1, -0.05) is 0 Å². The van der Waals surface area contributed by atoms with Crippen molar-refractivity contribution in [2.24, 2.45) is 25.0 Å². The Morgan fingerprint density at radius 1 is 0.429 bits per heavy atom. The number of hydrogen-bond acceptors (Lipinski definition) is 16. The van der Waals surface area contributed by atoms with E-state index >= 15 is 0 Å². The van der Waals surface area contributed by atoms with E-state index in [-0.39, 0.29) is 0 Å². The maximum absolute atomic E-state index is 11.0. The molecule has 1 N–H and O–H groups in total. The van der Waals surface area contributed by atoms with Crippen LogP contribution in [0.1, 0.15) is 78.4 Å². The van der Waals surface area contributed by atoms with E-state index in [1.165, 1.54) is 40.5 Å². The van der Waals surface area contributed by atoms with Gasteiger partial charge in [0.25, 0.3) is 0 Å². The number of rotatable bonds is 16. The van der Waals surface area contributed by atoms with E-state index in [4.69, 9.17) is 43.1 Å². The molecule has 14 nitrogen and oxygen atoms in total. The summed E-state index contributed by atoms with van der Waals surface area (Å²) >= 11 is 4.70. The third-order valence-corrected chi connectivity index (χ3v) is 27.0. The Morgan fingerprint density at radius 3 is 1.22 bits per heavy atom. The van der Waals surface area contributed by atoms with Crippen LogP contribution in [0.15, 0.2) is 234 Å². The monoisotopic (exact) mass is 1510 g/mol. The van der Waals surface area contributed by atoms with Crippen molar-refractivity contribution in [1.82, 2.24) is 4.75 Å². The van der Waals surface area contributed by atoms with Crippen molar-refractivity contribution in [3.63, 3.8) is 0 Å². The topological polar surface area (TPSA) is 155 Å². The van der Waals surface area contributed by atoms with Crippen molar-refractivity contribution in [3.05, 3.63) is 225 Å². The number of anilines is 1. The van der Waals surface area contributed by atoms with Crippen molar-refractivity contribution in [2.45, 2.75) is 101 Å². The summed E-state index contributed by atoms with van der Waals surface area (Å²) in [5.41, 5.74) is 10.8. The summed E-state index contributed by atoms with van der Waals surface area (Å²) in [4.78, 5) is 37.6. The van der Waals surface area contributed by atoms with Crippen LogP contribution in [0, 0.1) is 27.7 Å². The van der Waals surface area contributed by atoms with Crippen molar-refractivity contribution < 1.29 is 27.2 Å². The molecule has 0 aliphatic carbocycles. The van der Waals surface area contributed by atoms with E-state index in [1.807, 2.05) is 0 Å². The molecule has 0 saturated heterocycles. The van der Waals surface area contributed by atoms with Crippen molar-refractivity contribution in [3.8, 4) is 0 Å². The van der Waals surface area contributed by atoms with Crippen LogP contribution in [0.25, 0.3) is 21.5 Å². The summed E-state index contributed by atoms with van der Waals surface area (Å²) in [6.45, 7) is 20.4. The van der Waals surface area contributed by atoms with Gasteiger partial charge in [0.1, 0.15) is 0 Å². The second-order valence-electron chi connectivity index (χ2n) is 21.8. The Morgan fingerprint density at radius 2 is 0.791 bits per heavy atom. The van der Waals surface area contributed by atoms with Gasteiger partial charge in [0.15, 0.2) is 0 Å². The van der Waals surface area contributed by atoms with Crippen LogP contribution in [0.3, 0.4) is 0 Å². The molecule has 2 radical (unpaired) electrons. The van der Waals surface area contributed by atoms with E-state index < -0.39 is 46.2 Å². The fourth-order valence-electron chi connectivity index (χ4n) is 10.8. The molecule has 1 atom stereocenters. The van der Waals surface area contributed by atoms with Gasteiger partial charge in [-0.15, -0.1) is 0 Å². The van der Waals surface area contributed by atoms with Crippen LogP contribution in [0.4, 0.5) is 11.6 Å². The molecule has 1 unspecified atom stereocenters. The van der Waals surface area contributed by atoms with Crippen LogP contribution in [0.5, 0.6) is 0 Å². The number of aliphatic imine (C=N–C) groups is 3. The summed E-state index contributed by atoms with van der Waals surface area (Å²) < 4.78 is 46.1. The van der Waals surface area contributed by atoms with Gasteiger partial charge in [0.05, 0.1) is 26.4 Å². The molecular weight excluding hydrogens is 1450 g/mol. The van der Waals surface area contributed by atoms with E-state index in [1.54, 1.807) is 74.7 Å². The van der Waals surface area contributed by atoms with Gasteiger partial charge in [-0.2, -0.15) is 0 Å². The number of aromatic nitrogens is 2. The molecule has 0 fully saturated rings. The molecule has 6 heterocycles. The Labute approximate surface area is 561 Å². The van der Waals surface area contributed by atoms with Crippen LogP contribution in [0.2, 0.25) is 0 Å². The van der Waals surface area contributed by atoms with Gasteiger partial charge in [0, 0.05) is 13.3 Å². The fourth-order valence-corrected chi connectivity index (χ4v) is 21.7. The molecule has 0 spiro atoms. The molecule has 0 saturated carbocycles. The van der Waals surface area contributed by atoms with Gasteiger partial charge in [0.2, 0.25) is 0 Å². The molecule has 2 aromatic heterocycles. The van der Waals surface area contributed by atoms with Gasteiger partial charge in [-0.05, 0) is 27.7 Å². The van der Waals surface area contributed by atoms with Crippen LogP contribution < -0.4 is 16.3 Å². The second-order valence-corrected chi connectivity index (χ2v) is 34.6. The van der Waals surface area contributed by atoms with Crippen LogP contribution in [-0.4, -0.2) is 86.8 Å². The SMILES string of the molecule is CCOP(C)(=O)OCC.CCOP(C)(=O)OCC.Cc1ccc(Sc2ccc(Sc3ccc(C)cc3)c3c2C2=NC3=Nc3c4ccccc4c4[n]3[Pb][n]3c(c5ccccc5c3=NC3=NC(N4)c4c(Sc5ccc(C)cc5)ccc(Sc5ccc(C)cc5)c43)=N2)cc1. The number of aryl methyl sites for hydroxylation is 4. The molecule has 0 amide bonds. The summed E-state index contributed by atoms with van der Waals surface area (Å²) in [6, 6.07) is 61.5. The van der Waals surface area contributed by atoms with Gasteiger partial charge < -0.3 is 18.1 Å². The molecule has 14 rings (SSSR count).